The van der Waals surface area contributed by atoms with Crippen molar-refractivity contribution in [2.45, 2.75) is 32.5 Å². The minimum Gasteiger partial charge on any atom is -0.389 e. The molecule has 1 heterocycles. The van der Waals surface area contributed by atoms with Crippen molar-refractivity contribution in [1.82, 2.24) is 4.90 Å². The number of urea groups is 1. The molecular weight excluding hydrogens is 256 g/mol. The van der Waals surface area contributed by atoms with E-state index in [0.717, 1.165) is 12.0 Å². The fraction of sp³-hybridized carbons (Fsp3) is 0.533. The molecule has 1 aliphatic rings. The van der Waals surface area contributed by atoms with E-state index in [1.807, 2.05) is 25.1 Å². The highest BCUT2D eigenvalue weighted by atomic mass is 16.5. The Balaban J connectivity index is 2.01. The van der Waals surface area contributed by atoms with Crippen LogP contribution in [-0.2, 0) is 4.74 Å². The maximum atomic E-state index is 12.2. The van der Waals surface area contributed by atoms with Crippen LogP contribution in [-0.4, -0.2) is 41.8 Å². The molecule has 0 aliphatic carbocycles. The first-order chi connectivity index (χ1) is 9.56. The number of benzene rings is 1. The van der Waals surface area contributed by atoms with E-state index in [-0.39, 0.29) is 12.1 Å². The number of anilines is 1. The molecule has 5 nitrogen and oxygen atoms in total. The number of nitrogens with zero attached hydrogens (tertiary/aromatic N) is 1. The third kappa shape index (κ3) is 3.95. The number of rotatable bonds is 2. The van der Waals surface area contributed by atoms with Crippen molar-refractivity contribution in [3.05, 3.63) is 29.8 Å². The van der Waals surface area contributed by atoms with Crippen molar-refractivity contribution in [1.29, 1.82) is 0 Å². The second kappa shape index (κ2) is 6.72. The summed E-state index contributed by atoms with van der Waals surface area (Å²) in [5.74, 6) is 0. The first-order valence-electron chi connectivity index (χ1n) is 7.02. The van der Waals surface area contributed by atoms with Crippen LogP contribution >= 0.6 is 0 Å². The summed E-state index contributed by atoms with van der Waals surface area (Å²) in [6.07, 6.45) is 0.372. The minimum absolute atomic E-state index is 0.0621. The standard InChI is InChI=1S/C15H22N2O3/c1-11-10-17(7-4-8-20-11)15(19)16-14-6-3-5-13(9-14)12(2)18/h3,5-6,9,11-12,18H,4,7-8,10H2,1-2H3,(H,16,19). The lowest BCUT2D eigenvalue weighted by molar-refractivity contribution is 0.0718. The number of hydrogen-bond acceptors (Lipinski definition) is 3. The minimum atomic E-state index is -0.543. The zero-order valence-corrected chi connectivity index (χ0v) is 12.0. The first kappa shape index (κ1) is 14.8. The molecule has 0 spiro atoms. The van der Waals surface area contributed by atoms with Gasteiger partial charge in [-0.25, -0.2) is 4.79 Å². The monoisotopic (exact) mass is 278 g/mol. The molecule has 1 aliphatic heterocycles. The van der Waals surface area contributed by atoms with E-state index in [0.29, 0.717) is 25.4 Å². The van der Waals surface area contributed by atoms with Gasteiger partial charge in [0.15, 0.2) is 0 Å². The Morgan fingerprint density at radius 2 is 2.35 bits per heavy atom. The van der Waals surface area contributed by atoms with Gasteiger partial charge in [-0.3, -0.25) is 0 Å². The van der Waals surface area contributed by atoms with Crippen LogP contribution in [0.15, 0.2) is 24.3 Å². The van der Waals surface area contributed by atoms with E-state index in [2.05, 4.69) is 5.32 Å². The Labute approximate surface area is 119 Å². The molecule has 5 heteroatoms. The fourth-order valence-corrected chi connectivity index (χ4v) is 2.26. The SMILES string of the molecule is CC1CN(C(=O)Nc2cccc(C(C)O)c2)CCCO1. The number of carbonyl (C=O) groups excluding carboxylic acids is 1. The lowest BCUT2D eigenvalue weighted by atomic mass is 10.1. The van der Waals surface area contributed by atoms with Gasteiger partial charge in [-0.15, -0.1) is 0 Å². The summed E-state index contributed by atoms with van der Waals surface area (Å²) in [5, 5.41) is 12.4. The van der Waals surface area contributed by atoms with Crippen LogP contribution in [0, 0.1) is 0 Å². The molecule has 2 atom stereocenters. The number of aliphatic hydroxyl groups is 1. The van der Waals surface area contributed by atoms with E-state index >= 15 is 0 Å². The van der Waals surface area contributed by atoms with Crippen molar-refractivity contribution in [3.63, 3.8) is 0 Å². The highest BCUT2D eigenvalue weighted by Crippen LogP contribution is 2.17. The smallest absolute Gasteiger partial charge is 0.321 e. The number of aliphatic hydroxyl groups excluding tert-OH is 1. The van der Waals surface area contributed by atoms with Gasteiger partial charge in [0.1, 0.15) is 0 Å². The maximum absolute atomic E-state index is 12.2. The van der Waals surface area contributed by atoms with E-state index in [1.165, 1.54) is 0 Å². The van der Waals surface area contributed by atoms with Crippen LogP contribution in [0.5, 0.6) is 0 Å². The van der Waals surface area contributed by atoms with Gasteiger partial charge in [0, 0.05) is 25.4 Å². The molecule has 2 amide bonds. The third-order valence-electron chi connectivity index (χ3n) is 3.36. The zero-order valence-electron chi connectivity index (χ0n) is 12.0. The lowest BCUT2D eigenvalue weighted by Gasteiger charge is -2.22. The van der Waals surface area contributed by atoms with Crippen LogP contribution in [0.25, 0.3) is 0 Å². The molecule has 0 bridgehead atoms. The summed E-state index contributed by atoms with van der Waals surface area (Å²) in [6, 6.07) is 7.15. The predicted octanol–water partition coefficient (Wildman–Crippen LogP) is 2.38. The first-order valence-corrected chi connectivity index (χ1v) is 7.02. The van der Waals surface area contributed by atoms with E-state index in [9.17, 15) is 9.90 Å². The highest BCUT2D eigenvalue weighted by Gasteiger charge is 2.19. The Morgan fingerprint density at radius 1 is 1.55 bits per heavy atom. The van der Waals surface area contributed by atoms with Crippen LogP contribution in [0.3, 0.4) is 0 Å². The van der Waals surface area contributed by atoms with Crippen molar-refractivity contribution in [3.8, 4) is 0 Å². The largest absolute Gasteiger partial charge is 0.389 e. The Bertz CT molecular complexity index is 462. The molecular formula is C15H22N2O3. The number of carbonyl (C=O) groups is 1. The normalized spacial score (nSPS) is 21.1. The molecule has 110 valence electrons. The van der Waals surface area contributed by atoms with Gasteiger partial charge in [-0.05, 0) is 38.0 Å². The highest BCUT2D eigenvalue weighted by molar-refractivity contribution is 5.89. The van der Waals surface area contributed by atoms with Crippen LogP contribution < -0.4 is 5.32 Å². The number of hydrogen-bond donors (Lipinski definition) is 2. The third-order valence-corrected chi connectivity index (χ3v) is 3.36. The van der Waals surface area contributed by atoms with Gasteiger partial charge in [-0.2, -0.15) is 0 Å². The molecule has 1 aromatic carbocycles. The molecule has 20 heavy (non-hydrogen) atoms. The van der Waals surface area contributed by atoms with E-state index < -0.39 is 6.10 Å². The van der Waals surface area contributed by atoms with E-state index in [4.69, 9.17) is 4.74 Å². The molecule has 0 aromatic heterocycles. The van der Waals surface area contributed by atoms with Crippen molar-refractivity contribution in [2.24, 2.45) is 0 Å². The molecule has 1 aromatic rings. The predicted molar refractivity (Wildman–Crippen MR) is 77.7 cm³/mol. The second-order valence-corrected chi connectivity index (χ2v) is 5.21. The van der Waals surface area contributed by atoms with Crippen LogP contribution in [0.2, 0.25) is 0 Å². The summed E-state index contributed by atoms with van der Waals surface area (Å²) in [6.45, 7) is 5.67. The summed E-state index contributed by atoms with van der Waals surface area (Å²) in [4.78, 5) is 14.0. The second-order valence-electron chi connectivity index (χ2n) is 5.21. The van der Waals surface area contributed by atoms with Crippen molar-refractivity contribution >= 4 is 11.7 Å². The summed E-state index contributed by atoms with van der Waals surface area (Å²) >= 11 is 0. The lowest BCUT2D eigenvalue weighted by Crippen LogP contribution is -2.38. The van der Waals surface area contributed by atoms with Gasteiger partial charge in [0.05, 0.1) is 12.2 Å². The Hall–Kier alpha value is -1.59. The molecule has 1 saturated heterocycles. The quantitative estimate of drug-likeness (QED) is 0.873. The van der Waals surface area contributed by atoms with Gasteiger partial charge in [-0.1, -0.05) is 12.1 Å². The molecule has 0 radical (unpaired) electrons. The topological polar surface area (TPSA) is 61.8 Å². The average molecular weight is 278 g/mol. The molecule has 1 fully saturated rings. The van der Waals surface area contributed by atoms with Gasteiger partial charge >= 0.3 is 6.03 Å². The number of ether oxygens (including phenoxy) is 1. The van der Waals surface area contributed by atoms with Crippen molar-refractivity contribution < 1.29 is 14.6 Å². The number of amides is 2. The molecule has 0 saturated carbocycles. The number of nitrogens with one attached hydrogen (secondary N) is 1. The molecule has 2 N–H and O–H groups in total. The van der Waals surface area contributed by atoms with Gasteiger partial charge in [0.25, 0.3) is 0 Å². The summed E-state index contributed by atoms with van der Waals surface area (Å²) in [7, 11) is 0. The fourth-order valence-electron chi connectivity index (χ4n) is 2.26. The van der Waals surface area contributed by atoms with Crippen LogP contribution in [0.4, 0.5) is 10.5 Å². The summed E-state index contributed by atoms with van der Waals surface area (Å²) < 4.78 is 5.53. The maximum Gasteiger partial charge on any atom is 0.321 e. The molecule has 2 unspecified atom stereocenters. The van der Waals surface area contributed by atoms with Crippen molar-refractivity contribution in [2.75, 3.05) is 25.0 Å². The Kier molecular flexibility index (Phi) is 4.98. The van der Waals surface area contributed by atoms with Gasteiger partial charge < -0.3 is 20.1 Å². The molecule has 2 rings (SSSR count). The van der Waals surface area contributed by atoms with Gasteiger partial charge in [0.2, 0.25) is 0 Å². The average Bonchev–Trinajstić information content (AvgIpc) is 2.63. The van der Waals surface area contributed by atoms with E-state index in [1.54, 1.807) is 17.9 Å². The zero-order chi connectivity index (χ0) is 14.5. The van der Waals surface area contributed by atoms with Crippen LogP contribution in [0.1, 0.15) is 31.9 Å². The summed E-state index contributed by atoms with van der Waals surface area (Å²) in [5.41, 5.74) is 1.49. The Morgan fingerprint density at radius 3 is 3.10 bits per heavy atom.